The highest BCUT2D eigenvalue weighted by atomic mass is 32.2. The number of hydrogen-bond donors (Lipinski definition) is 2. The van der Waals surface area contributed by atoms with Gasteiger partial charge in [-0.2, -0.15) is 8.78 Å². The van der Waals surface area contributed by atoms with Crippen molar-refractivity contribution in [2.24, 2.45) is 5.92 Å². The second-order valence-corrected chi connectivity index (χ2v) is 7.14. The maximum Gasteiger partial charge on any atom is 0.341 e. The van der Waals surface area contributed by atoms with Crippen LogP contribution in [-0.2, 0) is 9.84 Å². The lowest BCUT2D eigenvalue weighted by atomic mass is 10.00. The molecule has 0 bridgehead atoms. The zero-order valence-electron chi connectivity index (χ0n) is 11.5. The SMILES string of the molecule is O=S(=O)(c1ccccc1NC1CCCC1CCO)C(F)F. The minimum atomic E-state index is -4.62. The maximum absolute atomic E-state index is 12.7. The van der Waals surface area contributed by atoms with Gasteiger partial charge in [-0.05, 0) is 37.3 Å². The summed E-state index contributed by atoms with van der Waals surface area (Å²) in [6, 6.07) is 5.75. The summed E-state index contributed by atoms with van der Waals surface area (Å²) >= 11 is 0. The van der Waals surface area contributed by atoms with Crippen molar-refractivity contribution in [2.45, 2.75) is 42.4 Å². The van der Waals surface area contributed by atoms with E-state index in [0.29, 0.717) is 6.42 Å². The first-order valence-corrected chi connectivity index (χ1v) is 8.50. The number of aliphatic hydroxyl groups excluding tert-OH is 1. The Morgan fingerprint density at radius 3 is 2.67 bits per heavy atom. The van der Waals surface area contributed by atoms with Crippen molar-refractivity contribution in [1.82, 2.24) is 0 Å². The molecule has 118 valence electrons. The van der Waals surface area contributed by atoms with Gasteiger partial charge in [0.15, 0.2) is 0 Å². The largest absolute Gasteiger partial charge is 0.396 e. The quantitative estimate of drug-likeness (QED) is 0.846. The minimum Gasteiger partial charge on any atom is -0.396 e. The zero-order chi connectivity index (χ0) is 15.5. The van der Waals surface area contributed by atoms with Crippen molar-refractivity contribution in [3.63, 3.8) is 0 Å². The monoisotopic (exact) mass is 319 g/mol. The van der Waals surface area contributed by atoms with E-state index in [9.17, 15) is 17.2 Å². The molecule has 0 aliphatic heterocycles. The molecule has 0 amide bonds. The van der Waals surface area contributed by atoms with Gasteiger partial charge >= 0.3 is 5.76 Å². The molecule has 4 nitrogen and oxygen atoms in total. The molecule has 1 aliphatic rings. The van der Waals surface area contributed by atoms with E-state index in [2.05, 4.69) is 5.32 Å². The number of nitrogens with one attached hydrogen (secondary N) is 1. The van der Waals surface area contributed by atoms with E-state index in [1.54, 1.807) is 6.07 Å². The fourth-order valence-corrected chi connectivity index (χ4v) is 3.76. The standard InChI is InChI=1S/C14H19F2NO3S/c15-14(16)21(19,20)13-7-2-1-5-12(13)17-11-6-3-4-10(11)8-9-18/h1-2,5,7,10-11,14,17-18H,3-4,6,8-9H2. The molecule has 2 N–H and O–H groups in total. The Balaban J connectivity index is 2.25. The average molecular weight is 319 g/mol. The number of alkyl halides is 2. The third-order valence-corrected chi connectivity index (χ3v) is 5.37. The molecule has 0 heterocycles. The highest BCUT2D eigenvalue weighted by Gasteiger charge is 2.32. The van der Waals surface area contributed by atoms with Gasteiger partial charge in [0.25, 0.3) is 0 Å². The highest BCUT2D eigenvalue weighted by molar-refractivity contribution is 7.91. The molecular formula is C14H19F2NO3S. The molecule has 0 spiro atoms. The predicted octanol–water partition coefficient (Wildman–Crippen LogP) is 2.65. The lowest BCUT2D eigenvalue weighted by Gasteiger charge is -2.23. The summed E-state index contributed by atoms with van der Waals surface area (Å²) in [6.07, 6.45) is 3.39. The molecule has 0 radical (unpaired) electrons. The highest BCUT2D eigenvalue weighted by Crippen LogP contribution is 2.33. The van der Waals surface area contributed by atoms with Crippen molar-refractivity contribution in [2.75, 3.05) is 11.9 Å². The van der Waals surface area contributed by atoms with Gasteiger partial charge in [0.1, 0.15) is 0 Å². The third kappa shape index (κ3) is 3.52. The van der Waals surface area contributed by atoms with Crippen LogP contribution in [0.15, 0.2) is 29.2 Å². The molecule has 0 saturated heterocycles. The Labute approximate surface area is 123 Å². The second kappa shape index (κ2) is 6.70. The van der Waals surface area contributed by atoms with Gasteiger partial charge in [-0.15, -0.1) is 0 Å². The molecule has 7 heteroatoms. The van der Waals surface area contributed by atoms with Crippen LogP contribution >= 0.6 is 0 Å². The van der Waals surface area contributed by atoms with E-state index in [4.69, 9.17) is 5.11 Å². The van der Waals surface area contributed by atoms with E-state index in [1.807, 2.05) is 0 Å². The molecule has 1 fully saturated rings. The van der Waals surface area contributed by atoms with Crippen molar-refractivity contribution in [3.8, 4) is 0 Å². The summed E-state index contributed by atoms with van der Waals surface area (Å²) < 4.78 is 48.9. The van der Waals surface area contributed by atoms with Gasteiger partial charge in [-0.25, -0.2) is 8.42 Å². The smallest absolute Gasteiger partial charge is 0.341 e. The molecule has 21 heavy (non-hydrogen) atoms. The first-order chi connectivity index (χ1) is 9.96. The number of halogens is 2. The van der Waals surface area contributed by atoms with Gasteiger partial charge < -0.3 is 10.4 Å². The summed E-state index contributed by atoms with van der Waals surface area (Å²) in [4.78, 5) is -0.366. The van der Waals surface area contributed by atoms with Crippen LogP contribution < -0.4 is 5.32 Å². The van der Waals surface area contributed by atoms with Crippen molar-refractivity contribution in [1.29, 1.82) is 0 Å². The summed E-state index contributed by atoms with van der Waals surface area (Å²) in [6.45, 7) is 0.0693. The first kappa shape index (κ1) is 16.2. The zero-order valence-corrected chi connectivity index (χ0v) is 12.3. The Bertz CT molecular complexity index is 577. The Hall–Kier alpha value is -1.21. The summed E-state index contributed by atoms with van der Waals surface area (Å²) in [5.41, 5.74) is 0.215. The predicted molar refractivity (Wildman–Crippen MR) is 76.1 cm³/mol. The van der Waals surface area contributed by atoms with Crippen LogP contribution in [0.3, 0.4) is 0 Å². The van der Waals surface area contributed by atoms with Gasteiger partial charge in [-0.3, -0.25) is 0 Å². The number of aliphatic hydroxyl groups is 1. The molecule has 1 aromatic carbocycles. The van der Waals surface area contributed by atoms with E-state index in [-0.39, 0.29) is 29.1 Å². The van der Waals surface area contributed by atoms with Crippen molar-refractivity contribution in [3.05, 3.63) is 24.3 Å². The van der Waals surface area contributed by atoms with Crippen molar-refractivity contribution >= 4 is 15.5 Å². The van der Waals surface area contributed by atoms with Gasteiger partial charge in [0.2, 0.25) is 9.84 Å². The van der Waals surface area contributed by atoms with Crippen LogP contribution in [0.25, 0.3) is 0 Å². The summed E-state index contributed by atoms with van der Waals surface area (Å²) in [5, 5.41) is 12.1. The van der Waals surface area contributed by atoms with Gasteiger partial charge in [0.05, 0.1) is 10.6 Å². The number of anilines is 1. The number of benzene rings is 1. The lowest BCUT2D eigenvalue weighted by molar-refractivity contribution is 0.235. The first-order valence-electron chi connectivity index (χ1n) is 6.95. The normalized spacial score (nSPS) is 22.7. The fraction of sp³-hybridized carbons (Fsp3) is 0.571. The van der Waals surface area contributed by atoms with Crippen LogP contribution in [0, 0.1) is 5.92 Å². The van der Waals surface area contributed by atoms with Gasteiger partial charge in [-0.1, -0.05) is 18.6 Å². The number of para-hydroxylation sites is 1. The van der Waals surface area contributed by atoms with E-state index < -0.39 is 15.6 Å². The Kier molecular flexibility index (Phi) is 5.16. The van der Waals surface area contributed by atoms with E-state index in [0.717, 1.165) is 19.3 Å². The molecule has 1 aliphatic carbocycles. The molecule has 1 aromatic rings. The van der Waals surface area contributed by atoms with Crippen LogP contribution in [0.1, 0.15) is 25.7 Å². The minimum absolute atomic E-state index is 0.00572. The summed E-state index contributed by atoms with van der Waals surface area (Å²) in [5.74, 6) is -3.20. The molecule has 2 atom stereocenters. The molecule has 2 rings (SSSR count). The number of rotatable bonds is 6. The number of hydrogen-bond acceptors (Lipinski definition) is 4. The van der Waals surface area contributed by atoms with Crippen LogP contribution in [-0.4, -0.2) is 31.9 Å². The summed E-state index contributed by atoms with van der Waals surface area (Å²) in [7, 11) is -4.62. The van der Waals surface area contributed by atoms with Crippen molar-refractivity contribution < 1.29 is 22.3 Å². The third-order valence-electron chi connectivity index (χ3n) is 3.93. The second-order valence-electron chi connectivity index (χ2n) is 5.26. The van der Waals surface area contributed by atoms with Gasteiger partial charge in [0, 0.05) is 12.6 Å². The molecule has 1 saturated carbocycles. The van der Waals surface area contributed by atoms with E-state index >= 15 is 0 Å². The maximum atomic E-state index is 12.7. The molecule has 0 aromatic heterocycles. The van der Waals surface area contributed by atoms with Crippen LogP contribution in [0.2, 0.25) is 0 Å². The molecular weight excluding hydrogens is 300 g/mol. The Morgan fingerprint density at radius 1 is 1.29 bits per heavy atom. The Morgan fingerprint density at radius 2 is 2.00 bits per heavy atom. The van der Waals surface area contributed by atoms with Crippen LogP contribution in [0.5, 0.6) is 0 Å². The average Bonchev–Trinajstić information content (AvgIpc) is 2.87. The fourth-order valence-electron chi connectivity index (χ4n) is 2.87. The number of sulfone groups is 1. The molecule has 2 unspecified atom stereocenters. The topological polar surface area (TPSA) is 66.4 Å². The van der Waals surface area contributed by atoms with E-state index in [1.165, 1.54) is 18.2 Å². The lowest BCUT2D eigenvalue weighted by Crippen LogP contribution is -2.26. The van der Waals surface area contributed by atoms with Crippen LogP contribution in [0.4, 0.5) is 14.5 Å².